The Balaban J connectivity index is 1.57. The summed E-state index contributed by atoms with van der Waals surface area (Å²) in [4.78, 5) is 14.8. The maximum absolute atomic E-state index is 12.8. The van der Waals surface area contributed by atoms with Crippen LogP contribution in [0.5, 0.6) is 0 Å². The van der Waals surface area contributed by atoms with E-state index in [1.807, 2.05) is 4.90 Å². The molecule has 4 nitrogen and oxygen atoms in total. The number of hydrogen-bond acceptors (Lipinski definition) is 2. The molecular weight excluding hydrogens is 310 g/mol. The van der Waals surface area contributed by atoms with Crippen molar-refractivity contribution in [1.29, 1.82) is 0 Å². The number of hydrogen-bond donors (Lipinski definition) is 1. The van der Waals surface area contributed by atoms with E-state index in [1.165, 1.54) is 22.0 Å². The van der Waals surface area contributed by atoms with Gasteiger partial charge < -0.3 is 4.90 Å². The van der Waals surface area contributed by atoms with E-state index in [0.717, 1.165) is 37.1 Å². The number of benzene rings is 2. The molecule has 1 aliphatic heterocycles. The Kier molecular flexibility index (Phi) is 3.05. The summed E-state index contributed by atoms with van der Waals surface area (Å²) >= 11 is 0. The average molecular weight is 331 g/mol. The lowest BCUT2D eigenvalue weighted by atomic mass is 9.96. The Labute approximate surface area is 146 Å². The number of carbonyl (C=O) groups is 1. The monoisotopic (exact) mass is 331 g/mol. The van der Waals surface area contributed by atoms with Crippen molar-refractivity contribution in [2.24, 2.45) is 5.41 Å². The lowest BCUT2D eigenvalue weighted by Crippen LogP contribution is -2.39. The molecule has 0 bridgehead atoms. The molecule has 3 aromatic rings. The van der Waals surface area contributed by atoms with Gasteiger partial charge in [0.2, 0.25) is 5.91 Å². The number of rotatable bonds is 2. The minimum Gasteiger partial charge on any atom is -0.337 e. The van der Waals surface area contributed by atoms with Gasteiger partial charge in [0.1, 0.15) is 0 Å². The van der Waals surface area contributed by atoms with Gasteiger partial charge in [-0.2, -0.15) is 5.10 Å². The molecule has 1 N–H and O–H groups in total. The number of H-pyrrole nitrogens is 1. The van der Waals surface area contributed by atoms with Crippen LogP contribution in [0.15, 0.2) is 42.5 Å². The molecule has 0 spiro atoms. The number of amides is 1. The zero-order chi connectivity index (χ0) is 17.0. The highest BCUT2D eigenvalue weighted by molar-refractivity contribution is 5.96. The lowest BCUT2D eigenvalue weighted by Gasteiger charge is -2.29. The number of nitrogens with zero attached hydrogens (tertiary/aromatic N) is 2. The Morgan fingerprint density at radius 1 is 1.16 bits per heavy atom. The molecule has 1 saturated carbocycles. The molecule has 4 heteroatoms. The van der Waals surface area contributed by atoms with E-state index in [9.17, 15) is 4.79 Å². The molecule has 1 amide bonds. The second-order valence-electron chi connectivity index (χ2n) is 7.59. The largest absolute Gasteiger partial charge is 0.337 e. The van der Waals surface area contributed by atoms with Gasteiger partial charge in [0, 0.05) is 41.7 Å². The van der Waals surface area contributed by atoms with E-state index in [2.05, 4.69) is 59.6 Å². The van der Waals surface area contributed by atoms with Crippen LogP contribution in [0.2, 0.25) is 0 Å². The molecule has 126 valence electrons. The topological polar surface area (TPSA) is 49.0 Å². The average Bonchev–Trinajstić information content (AvgIpc) is 3.27. The maximum atomic E-state index is 12.8. The second-order valence-corrected chi connectivity index (χ2v) is 7.59. The standard InChI is InChI=1S/C21H21N3O/c1-21(10-11-21)20(25)24-12-9-18-17(13-24)19(23-22-18)16-8-4-6-14-5-2-3-7-15(14)16/h2-8H,9-13H2,1H3,(H,22,23). The summed E-state index contributed by atoms with van der Waals surface area (Å²) < 4.78 is 0. The van der Waals surface area contributed by atoms with Gasteiger partial charge in [-0.1, -0.05) is 49.4 Å². The van der Waals surface area contributed by atoms with E-state index < -0.39 is 0 Å². The fourth-order valence-electron chi connectivity index (χ4n) is 3.91. The van der Waals surface area contributed by atoms with Crippen molar-refractivity contribution in [3.05, 3.63) is 53.7 Å². The van der Waals surface area contributed by atoms with Crippen LogP contribution in [0.4, 0.5) is 0 Å². The van der Waals surface area contributed by atoms with E-state index in [-0.39, 0.29) is 5.41 Å². The summed E-state index contributed by atoms with van der Waals surface area (Å²) in [5.41, 5.74) is 4.38. The summed E-state index contributed by atoms with van der Waals surface area (Å²) in [5.74, 6) is 0.309. The van der Waals surface area contributed by atoms with Gasteiger partial charge in [0.05, 0.1) is 5.69 Å². The molecule has 0 radical (unpaired) electrons. The van der Waals surface area contributed by atoms with Crippen LogP contribution < -0.4 is 0 Å². The Hall–Kier alpha value is -2.62. The minimum atomic E-state index is -0.110. The molecule has 2 heterocycles. The van der Waals surface area contributed by atoms with Crippen molar-refractivity contribution in [3.8, 4) is 11.3 Å². The zero-order valence-corrected chi connectivity index (χ0v) is 14.4. The highest BCUT2D eigenvalue weighted by atomic mass is 16.2. The van der Waals surface area contributed by atoms with Crippen molar-refractivity contribution in [3.63, 3.8) is 0 Å². The first-order valence-corrected chi connectivity index (χ1v) is 8.99. The second kappa shape index (κ2) is 5.19. The third-order valence-electron chi connectivity index (χ3n) is 5.78. The first-order chi connectivity index (χ1) is 12.2. The molecule has 0 saturated heterocycles. The van der Waals surface area contributed by atoms with Crippen LogP contribution in [0.3, 0.4) is 0 Å². The Bertz CT molecular complexity index is 978. The van der Waals surface area contributed by atoms with Crippen molar-refractivity contribution < 1.29 is 4.79 Å². The summed E-state index contributed by atoms with van der Waals surface area (Å²) in [6.07, 6.45) is 2.91. The first kappa shape index (κ1) is 14.7. The molecular formula is C21H21N3O. The van der Waals surface area contributed by atoms with E-state index in [0.29, 0.717) is 12.5 Å². The number of carbonyl (C=O) groups excluding carboxylic acids is 1. The fourth-order valence-corrected chi connectivity index (χ4v) is 3.91. The van der Waals surface area contributed by atoms with Crippen LogP contribution in [-0.4, -0.2) is 27.5 Å². The first-order valence-electron chi connectivity index (χ1n) is 8.99. The predicted octanol–water partition coefficient (Wildman–Crippen LogP) is 3.91. The minimum absolute atomic E-state index is 0.110. The van der Waals surface area contributed by atoms with Crippen molar-refractivity contribution in [2.75, 3.05) is 6.54 Å². The molecule has 25 heavy (non-hydrogen) atoms. The van der Waals surface area contributed by atoms with Crippen LogP contribution in [0, 0.1) is 5.41 Å². The molecule has 2 aromatic carbocycles. The van der Waals surface area contributed by atoms with Gasteiger partial charge >= 0.3 is 0 Å². The highest BCUT2D eigenvalue weighted by Gasteiger charge is 2.47. The zero-order valence-electron chi connectivity index (χ0n) is 14.4. The summed E-state index contributed by atoms with van der Waals surface area (Å²) in [7, 11) is 0. The van der Waals surface area contributed by atoms with E-state index in [1.54, 1.807) is 0 Å². The third-order valence-corrected chi connectivity index (χ3v) is 5.78. The Morgan fingerprint density at radius 3 is 2.80 bits per heavy atom. The summed E-state index contributed by atoms with van der Waals surface area (Å²) in [6, 6.07) is 14.7. The molecule has 5 rings (SSSR count). The SMILES string of the molecule is CC1(C(=O)N2CCc3[nH]nc(-c4cccc5ccccc45)c3C2)CC1. The van der Waals surface area contributed by atoms with Gasteiger partial charge in [-0.3, -0.25) is 9.89 Å². The summed E-state index contributed by atoms with van der Waals surface area (Å²) in [5, 5.41) is 10.3. The van der Waals surface area contributed by atoms with Crippen molar-refractivity contribution >= 4 is 16.7 Å². The maximum Gasteiger partial charge on any atom is 0.228 e. The van der Waals surface area contributed by atoms with Crippen LogP contribution in [-0.2, 0) is 17.8 Å². The van der Waals surface area contributed by atoms with Crippen molar-refractivity contribution in [2.45, 2.75) is 32.7 Å². The predicted molar refractivity (Wildman–Crippen MR) is 98.0 cm³/mol. The number of aromatic nitrogens is 2. The molecule has 0 atom stereocenters. The normalized spacial score (nSPS) is 18.2. The highest BCUT2D eigenvalue weighted by Crippen LogP contribution is 2.47. The number of nitrogens with one attached hydrogen (secondary N) is 1. The van der Waals surface area contributed by atoms with Crippen LogP contribution in [0.25, 0.3) is 22.0 Å². The Morgan fingerprint density at radius 2 is 1.96 bits per heavy atom. The third kappa shape index (κ3) is 2.28. The number of fused-ring (bicyclic) bond motifs is 2. The van der Waals surface area contributed by atoms with Gasteiger partial charge in [-0.15, -0.1) is 0 Å². The molecule has 1 fully saturated rings. The molecule has 2 aliphatic rings. The van der Waals surface area contributed by atoms with Gasteiger partial charge in [0.25, 0.3) is 0 Å². The molecule has 1 aliphatic carbocycles. The van der Waals surface area contributed by atoms with Crippen LogP contribution >= 0.6 is 0 Å². The summed E-state index contributed by atoms with van der Waals surface area (Å²) in [6.45, 7) is 3.54. The number of aromatic amines is 1. The fraction of sp³-hybridized carbons (Fsp3) is 0.333. The molecule has 0 unspecified atom stereocenters. The lowest BCUT2D eigenvalue weighted by molar-refractivity contribution is -0.137. The van der Waals surface area contributed by atoms with E-state index >= 15 is 0 Å². The van der Waals surface area contributed by atoms with Gasteiger partial charge in [0.15, 0.2) is 0 Å². The van der Waals surface area contributed by atoms with E-state index in [4.69, 9.17) is 0 Å². The quantitative estimate of drug-likeness (QED) is 0.774. The molecule has 1 aromatic heterocycles. The van der Waals surface area contributed by atoms with Crippen LogP contribution in [0.1, 0.15) is 31.0 Å². The van der Waals surface area contributed by atoms with Crippen molar-refractivity contribution in [1.82, 2.24) is 15.1 Å². The van der Waals surface area contributed by atoms with Gasteiger partial charge in [-0.05, 0) is 23.6 Å². The van der Waals surface area contributed by atoms with Gasteiger partial charge in [-0.25, -0.2) is 0 Å². The smallest absolute Gasteiger partial charge is 0.228 e.